The molecule has 0 unspecified atom stereocenters. The van der Waals surface area contributed by atoms with Crippen LogP contribution in [-0.2, 0) is 14.3 Å². The number of hydrogen-bond donors (Lipinski definition) is 1. The molecule has 0 heterocycles. The first kappa shape index (κ1) is 15.4. The summed E-state index contributed by atoms with van der Waals surface area (Å²) in [5.41, 5.74) is 0.617. The Morgan fingerprint density at radius 1 is 1.29 bits per heavy atom. The molecule has 0 spiro atoms. The zero-order chi connectivity index (χ0) is 15.1. The molecule has 0 radical (unpaired) electrons. The van der Waals surface area contributed by atoms with E-state index in [1.165, 1.54) is 12.8 Å². The number of carbonyl (C=O) groups excluding carboxylic acids is 2. The van der Waals surface area contributed by atoms with E-state index >= 15 is 0 Å². The number of methoxy groups -OCH3 is 1. The van der Waals surface area contributed by atoms with Gasteiger partial charge in [0.1, 0.15) is 5.75 Å². The normalized spacial score (nSPS) is 14.7. The summed E-state index contributed by atoms with van der Waals surface area (Å²) in [5.74, 6) is 0.454. The van der Waals surface area contributed by atoms with Crippen molar-refractivity contribution in [3.8, 4) is 5.75 Å². The van der Waals surface area contributed by atoms with Crippen LogP contribution in [0.5, 0.6) is 5.75 Å². The molecule has 0 atom stereocenters. The van der Waals surface area contributed by atoms with Crippen molar-refractivity contribution in [1.82, 2.24) is 0 Å². The molecule has 5 nitrogen and oxygen atoms in total. The molecule has 0 bridgehead atoms. The van der Waals surface area contributed by atoms with Gasteiger partial charge in [-0.25, -0.2) is 0 Å². The Balaban J connectivity index is 1.72. The van der Waals surface area contributed by atoms with Crippen molar-refractivity contribution in [3.63, 3.8) is 0 Å². The molecule has 5 heteroatoms. The van der Waals surface area contributed by atoms with Gasteiger partial charge < -0.3 is 14.8 Å². The Kier molecular flexibility index (Phi) is 5.60. The van der Waals surface area contributed by atoms with Crippen molar-refractivity contribution in [2.75, 3.05) is 19.0 Å². The third-order valence-corrected chi connectivity index (χ3v) is 3.65. The van der Waals surface area contributed by atoms with Crippen molar-refractivity contribution in [1.29, 1.82) is 0 Å². The van der Waals surface area contributed by atoms with Crippen molar-refractivity contribution >= 4 is 17.6 Å². The Bertz CT molecular complexity index is 495. The van der Waals surface area contributed by atoms with Crippen LogP contribution < -0.4 is 10.1 Å². The first-order valence-electron chi connectivity index (χ1n) is 7.27. The highest BCUT2D eigenvalue weighted by Crippen LogP contribution is 2.27. The van der Waals surface area contributed by atoms with E-state index in [-0.39, 0.29) is 18.5 Å². The maximum absolute atomic E-state index is 11.7. The number of ether oxygens (including phenoxy) is 2. The topological polar surface area (TPSA) is 64.6 Å². The van der Waals surface area contributed by atoms with Crippen molar-refractivity contribution < 1.29 is 19.1 Å². The molecule has 1 N–H and O–H groups in total. The molecule has 21 heavy (non-hydrogen) atoms. The summed E-state index contributed by atoms with van der Waals surface area (Å²) >= 11 is 0. The van der Waals surface area contributed by atoms with Crippen LogP contribution in [-0.4, -0.2) is 25.6 Å². The lowest BCUT2D eigenvalue weighted by molar-refractivity contribution is -0.148. The molecule has 1 aromatic rings. The van der Waals surface area contributed by atoms with E-state index in [0.29, 0.717) is 23.8 Å². The van der Waals surface area contributed by atoms with Gasteiger partial charge in [-0.1, -0.05) is 18.9 Å². The quantitative estimate of drug-likeness (QED) is 0.818. The van der Waals surface area contributed by atoms with Crippen molar-refractivity contribution in [3.05, 3.63) is 24.3 Å². The summed E-state index contributed by atoms with van der Waals surface area (Å²) in [5, 5.41) is 2.67. The first-order valence-corrected chi connectivity index (χ1v) is 7.27. The lowest BCUT2D eigenvalue weighted by atomic mass is 10.1. The van der Waals surface area contributed by atoms with Gasteiger partial charge in [0.15, 0.2) is 6.61 Å². The minimum atomic E-state index is -0.344. The molecule has 1 saturated carbocycles. The number of nitrogens with one attached hydrogen (secondary N) is 1. The number of hydrogen-bond acceptors (Lipinski definition) is 4. The molecule has 114 valence electrons. The number of esters is 1. The number of amides is 1. The van der Waals surface area contributed by atoms with Gasteiger partial charge in [-0.2, -0.15) is 0 Å². The Hall–Kier alpha value is -2.04. The van der Waals surface area contributed by atoms with E-state index in [4.69, 9.17) is 9.47 Å². The van der Waals surface area contributed by atoms with E-state index in [1.807, 2.05) is 0 Å². The third kappa shape index (κ3) is 5.10. The van der Waals surface area contributed by atoms with Gasteiger partial charge >= 0.3 is 5.97 Å². The Morgan fingerprint density at radius 3 is 2.76 bits per heavy atom. The molecule has 1 fully saturated rings. The minimum absolute atomic E-state index is 0.247. The second kappa shape index (κ2) is 7.67. The van der Waals surface area contributed by atoms with Gasteiger partial charge in [0, 0.05) is 18.2 Å². The summed E-state index contributed by atoms with van der Waals surface area (Å²) < 4.78 is 10.1. The number of anilines is 1. The molecule has 0 aromatic heterocycles. The molecule has 2 rings (SSSR count). The van der Waals surface area contributed by atoms with E-state index in [2.05, 4.69) is 5.32 Å². The zero-order valence-electron chi connectivity index (χ0n) is 12.3. The minimum Gasteiger partial charge on any atom is -0.497 e. The summed E-state index contributed by atoms with van der Waals surface area (Å²) in [4.78, 5) is 23.4. The lowest BCUT2D eigenvalue weighted by Crippen LogP contribution is -2.21. The second-order valence-electron chi connectivity index (χ2n) is 5.30. The maximum Gasteiger partial charge on any atom is 0.306 e. The van der Waals surface area contributed by atoms with E-state index in [1.54, 1.807) is 31.4 Å². The smallest absolute Gasteiger partial charge is 0.306 e. The predicted molar refractivity (Wildman–Crippen MR) is 79.2 cm³/mol. The van der Waals surface area contributed by atoms with E-state index in [9.17, 15) is 9.59 Å². The highest BCUT2D eigenvalue weighted by atomic mass is 16.5. The fourth-order valence-corrected chi connectivity index (χ4v) is 2.55. The summed E-state index contributed by atoms with van der Waals surface area (Å²) in [6.45, 7) is -0.247. The predicted octanol–water partition coefficient (Wildman–Crippen LogP) is 2.76. The van der Waals surface area contributed by atoms with Gasteiger partial charge in [-0.3, -0.25) is 9.59 Å². The second-order valence-corrected chi connectivity index (χ2v) is 5.30. The van der Waals surface area contributed by atoms with Crippen LogP contribution in [0.2, 0.25) is 0 Å². The maximum atomic E-state index is 11.7. The summed E-state index contributed by atoms with van der Waals surface area (Å²) in [7, 11) is 1.56. The largest absolute Gasteiger partial charge is 0.497 e. The zero-order valence-corrected chi connectivity index (χ0v) is 12.3. The Labute approximate surface area is 124 Å². The van der Waals surface area contributed by atoms with Gasteiger partial charge in [0.05, 0.1) is 7.11 Å². The SMILES string of the molecule is COc1cccc(NC(=O)COC(=O)CC2CCCC2)c1. The summed E-state index contributed by atoms with van der Waals surface area (Å²) in [6, 6.07) is 7.02. The highest BCUT2D eigenvalue weighted by Gasteiger charge is 2.19. The fraction of sp³-hybridized carbons (Fsp3) is 0.500. The molecule has 0 aliphatic heterocycles. The van der Waals surface area contributed by atoms with Crippen LogP contribution in [0.25, 0.3) is 0 Å². The first-order chi connectivity index (χ1) is 10.2. The standard InChI is InChI=1S/C16H21NO4/c1-20-14-8-4-7-13(10-14)17-15(18)11-21-16(19)9-12-5-2-3-6-12/h4,7-8,10,12H,2-3,5-6,9,11H2,1H3,(H,17,18). The third-order valence-electron chi connectivity index (χ3n) is 3.65. The van der Waals surface area contributed by atoms with Crippen LogP contribution in [0.15, 0.2) is 24.3 Å². The van der Waals surface area contributed by atoms with Crippen molar-refractivity contribution in [2.24, 2.45) is 5.92 Å². The van der Waals surface area contributed by atoms with Crippen LogP contribution in [0.4, 0.5) is 5.69 Å². The average molecular weight is 291 g/mol. The molecule has 0 saturated heterocycles. The van der Waals surface area contributed by atoms with Gasteiger partial charge in [0.2, 0.25) is 0 Å². The van der Waals surface area contributed by atoms with Crippen LogP contribution in [0.3, 0.4) is 0 Å². The number of rotatable bonds is 6. The van der Waals surface area contributed by atoms with Crippen LogP contribution in [0.1, 0.15) is 32.1 Å². The van der Waals surface area contributed by atoms with Gasteiger partial charge in [-0.05, 0) is 30.9 Å². The average Bonchev–Trinajstić information content (AvgIpc) is 2.98. The lowest BCUT2D eigenvalue weighted by Gasteiger charge is -2.10. The van der Waals surface area contributed by atoms with Gasteiger partial charge in [-0.15, -0.1) is 0 Å². The van der Waals surface area contributed by atoms with Crippen molar-refractivity contribution in [2.45, 2.75) is 32.1 Å². The highest BCUT2D eigenvalue weighted by molar-refractivity contribution is 5.92. The molecule has 1 amide bonds. The van der Waals surface area contributed by atoms with E-state index < -0.39 is 0 Å². The number of carbonyl (C=O) groups is 2. The number of benzene rings is 1. The molecular formula is C16H21NO4. The monoisotopic (exact) mass is 291 g/mol. The van der Waals surface area contributed by atoms with Gasteiger partial charge in [0.25, 0.3) is 5.91 Å². The molecule has 1 aliphatic rings. The van der Waals surface area contributed by atoms with E-state index in [0.717, 1.165) is 12.8 Å². The van der Waals surface area contributed by atoms with Crippen LogP contribution in [0, 0.1) is 5.92 Å². The molecular weight excluding hydrogens is 270 g/mol. The summed E-state index contributed by atoms with van der Waals surface area (Å²) in [6.07, 6.45) is 4.98. The molecule has 1 aromatic carbocycles. The fourth-order valence-electron chi connectivity index (χ4n) is 2.55. The van der Waals surface area contributed by atoms with Crippen LogP contribution >= 0.6 is 0 Å². The Morgan fingerprint density at radius 2 is 2.05 bits per heavy atom. The molecule has 1 aliphatic carbocycles.